The van der Waals surface area contributed by atoms with Crippen LogP contribution in [0, 0.1) is 0 Å². The number of nitrogens with one attached hydrogen (secondary N) is 3. The second-order valence-corrected chi connectivity index (χ2v) is 12.2. The Labute approximate surface area is 273 Å². The number of hydrogen-bond donors (Lipinski definition) is 3. The predicted molar refractivity (Wildman–Crippen MR) is 182 cm³/mol. The molecule has 2 fully saturated rings. The van der Waals surface area contributed by atoms with Crippen LogP contribution in [0.2, 0.25) is 5.02 Å². The van der Waals surface area contributed by atoms with Crippen LogP contribution in [0.5, 0.6) is 0 Å². The number of nitrogens with zero attached hydrogens (tertiary/aromatic N) is 5. The van der Waals surface area contributed by atoms with Crippen molar-refractivity contribution in [2.45, 2.75) is 57.9 Å². The highest BCUT2D eigenvalue weighted by Crippen LogP contribution is 2.35. The quantitative estimate of drug-likeness (QED) is 0.235. The fourth-order valence-corrected chi connectivity index (χ4v) is 6.65. The Balaban J connectivity index is 0.00000182. The highest BCUT2D eigenvalue weighted by molar-refractivity contribution is 6.33. The number of aryl methyl sites for hydroxylation is 1. The van der Waals surface area contributed by atoms with E-state index in [2.05, 4.69) is 44.0 Å². The second kappa shape index (κ2) is 13.0. The molecule has 2 aromatic carbocycles. The maximum absolute atomic E-state index is 12.5. The van der Waals surface area contributed by atoms with Gasteiger partial charge in [-0.05, 0) is 60.7 Å². The molecule has 3 aliphatic heterocycles. The van der Waals surface area contributed by atoms with E-state index in [-0.39, 0.29) is 29.7 Å². The zero-order valence-electron chi connectivity index (χ0n) is 26.6. The van der Waals surface area contributed by atoms with E-state index >= 15 is 0 Å². The van der Waals surface area contributed by atoms with Gasteiger partial charge in [-0.15, -0.1) is 0 Å². The molecule has 46 heavy (non-hydrogen) atoms. The number of aromatic nitrogens is 3. The number of piperidine rings is 2. The summed E-state index contributed by atoms with van der Waals surface area (Å²) in [7, 11) is 3.77. The first-order chi connectivity index (χ1) is 22.2. The average molecular weight is 643 g/mol. The lowest BCUT2D eigenvalue weighted by Gasteiger charge is -2.33. The molecule has 11 nitrogen and oxygen atoms in total. The molecule has 3 N–H and O–H groups in total. The Kier molecular flexibility index (Phi) is 8.86. The molecular weight excluding hydrogens is 604 g/mol. The molecule has 0 radical (unpaired) electrons. The van der Waals surface area contributed by atoms with Crippen LogP contribution in [-0.2, 0) is 27.9 Å². The molecule has 0 aliphatic carbocycles. The summed E-state index contributed by atoms with van der Waals surface area (Å²) in [4.78, 5) is 49.3. The number of imide groups is 1. The monoisotopic (exact) mass is 642 g/mol. The highest BCUT2D eigenvalue weighted by atomic mass is 35.5. The maximum atomic E-state index is 12.5. The third-order valence-corrected chi connectivity index (χ3v) is 9.21. The Morgan fingerprint density at radius 1 is 0.978 bits per heavy atom. The van der Waals surface area contributed by atoms with E-state index in [1.165, 1.54) is 0 Å². The van der Waals surface area contributed by atoms with Gasteiger partial charge in [0.15, 0.2) is 5.82 Å². The van der Waals surface area contributed by atoms with Crippen LogP contribution in [0.4, 0.5) is 28.8 Å². The summed E-state index contributed by atoms with van der Waals surface area (Å²) in [5.74, 6) is 0.499. The van der Waals surface area contributed by atoms with Gasteiger partial charge in [-0.2, -0.15) is 4.98 Å². The molecule has 0 saturated carbocycles. The summed E-state index contributed by atoms with van der Waals surface area (Å²) in [6.07, 6.45) is 6.73. The van der Waals surface area contributed by atoms with Crippen LogP contribution in [-0.4, -0.2) is 58.4 Å². The van der Waals surface area contributed by atoms with Crippen LogP contribution >= 0.6 is 11.6 Å². The second-order valence-electron chi connectivity index (χ2n) is 11.8. The molecule has 1 unspecified atom stereocenters. The summed E-state index contributed by atoms with van der Waals surface area (Å²) in [5, 5.41) is 10.9. The molecule has 2 aromatic heterocycles. The summed E-state index contributed by atoms with van der Waals surface area (Å²) < 4.78 is 2.05. The van der Waals surface area contributed by atoms with E-state index in [0.29, 0.717) is 36.1 Å². The van der Waals surface area contributed by atoms with E-state index in [1.54, 1.807) is 18.1 Å². The smallest absolute Gasteiger partial charge is 0.234 e. The number of carbonyl (C=O) groups is 3. The van der Waals surface area contributed by atoms with Crippen LogP contribution < -0.4 is 25.8 Å². The molecule has 12 heteroatoms. The van der Waals surface area contributed by atoms with E-state index < -0.39 is 0 Å². The zero-order valence-corrected chi connectivity index (χ0v) is 27.3. The fourth-order valence-electron chi connectivity index (χ4n) is 6.52. The van der Waals surface area contributed by atoms with Crippen molar-refractivity contribution in [2.75, 3.05) is 40.6 Å². The minimum absolute atomic E-state index is 0.0804. The van der Waals surface area contributed by atoms with E-state index in [9.17, 15) is 14.4 Å². The molecule has 0 spiro atoms. The van der Waals surface area contributed by atoms with Crippen molar-refractivity contribution in [3.05, 3.63) is 64.9 Å². The third-order valence-electron chi connectivity index (χ3n) is 8.94. The van der Waals surface area contributed by atoms with Crippen molar-refractivity contribution in [3.63, 3.8) is 0 Å². The first-order valence-electron chi connectivity index (χ1n) is 15.9. The van der Waals surface area contributed by atoms with Gasteiger partial charge < -0.3 is 25.0 Å². The largest absolute Gasteiger partial charge is 0.382 e. The number of likely N-dealkylation sites (N-methyl/N-ethyl adjacent to an activating group) is 1. The van der Waals surface area contributed by atoms with Crippen molar-refractivity contribution in [2.24, 2.45) is 7.05 Å². The molecule has 4 aromatic rings. The van der Waals surface area contributed by atoms with Crippen LogP contribution in [0.25, 0.3) is 10.9 Å². The number of benzene rings is 2. The minimum atomic E-state index is -0.313. The summed E-state index contributed by atoms with van der Waals surface area (Å²) in [5.41, 5.74) is 5.76. The SMILES string of the molecule is CC.CN1C(=O)Cc2cc(Nc3nc(N4CCC(Nc5ccc6c(C7CCC(=O)NC7=O)cn(C)c6c5)CC4)ncc3Cl)ccc21. The number of hydrogen-bond acceptors (Lipinski definition) is 8. The van der Waals surface area contributed by atoms with Crippen LogP contribution in [0.1, 0.15) is 56.6 Å². The van der Waals surface area contributed by atoms with Gasteiger partial charge >= 0.3 is 0 Å². The molecule has 2 saturated heterocycles. The molecule has 3 amide bonds. The zero-order chi connectivity index (χ0) is 32.5. The summed E-state index contributed by atoms with van der Waals surface area (Å²) in [6.45, 7) is 5.58. The van der Waals surface area contributed by atoms with E-state index in [4.69, 9.17) is 16.6 Å². The summed E-state index contributed by atoms with van der Waals surface area (Å²) >= 11 is 6.46. The highest BCUT2D eigenvalue weighted by Gasteiger charge is 2.30. The van der Waals surface area contributed by atoms with Crippen molar-refractivity contribution in [3.8, 4) is 0 Å². The number of anilines is 5. The lowest BCUT2D eigenvalue weighted by atomic mass is 9.90. The topological polar surface area (TPSA) is 124 Å². The molecule has 7 rings (SSSR count). The molecule has 5 heterocycles. The Morgan fingerprint density at radius 2 is 1.74 bits per heavy atom. The van der Waals surface area contributed by atoms with Gasteiger partial charge in [0, 0.05) is 68.3 Å². The molecular formula is C34H39ClN8O3. The molecule has 1 atom stereocenters. The number of fused-ring (bicyclic) bond motifs is 2. The normalized spacial score (nSPS) is 18.3. The van der Waals surface area contributed by atoms with Crippen LogP contribution in [0.3, 0.4) is 0 Å². The average Bonchev–Trinajstić information content (AvgIpc) is 3.53. The third kappa shape index (κ3) is 6.11. The number of halogens is 1. The first kappa shape index (κ1) is 31.3. The minimum Gasteiger partial charge on any atom is -0.382 e. The fraction of sp³-hybridized carbons (Fsp3) is 0.382. The van der Waals surface area contributed by atoms with Gasteiger partial charge in [0.05, 0.1) is 24.1 Å². The van der Waals surface area contributed by atoms with Crippen molar-refractivity contribution in [1.82, 2.24) is 19.9 Å². The number of carbonyl (C=O) groups excluding carboxylic acids is 3. The lowest BCUT2D eigenvalue weighted by Crippen LogP contribution is -2.40. The van der Waals surface area contributed by atoms with Gasteiger partial charge in [-0.25, -0.2) is 4.98 Å². The number of amides is 3. The van der Waals surface area contributed by atoms with Gasteiger partial charge in [-0.1, -0.05) is 31.5 Å². The Hall–Kier alpha value is -4.64. The van der Waals surface area contributed by atoms with E-state index in [0.717, 1.165) is 65.0 Å². The molecule has 240 valence electrons. The Morgan fingerprint density at radius 3 is 2.50 bits per heavy atom. The number of rotatable bonds is 6. The van der Waals surface area contributed by atoms with Crippen molar-refractivity contribution in [1.29, 1.82) is 0 Å². The van der Waals surface area contributed by atoms with Crippen LogP contribution in [0.15, 0.2) is 48.8 Å². The van der Waals surface area contributed by atoms with Gasteiger partial charge in [0.1, 0.15) is 5.02 Å². The standard InChI is InChI=1S/C32H33ClN8O3.C2H6/c1-39-17-24(23-6-8-28(42)37-31(23)44)22-5-3-21(15-27(22)39)35-19-9-11-41(12-10-19)32-34-16-25(33)30(38-32)36-20-4-7-26-18(13-20)14-29(43)40(26)2;1-2/h3-5,7,13,15-17,19,23,35H,6,8-12,14H2,1-2H3,(H,34,36,38)(H,37,42,44);1-2H3. The van der Waals surface area contributed by atoms with Crippen molar-refractivity contribution >= 4 is 69.1 Å². The predicted octanol–water partition coefficient (Wildman–Crippen LogP) is 5.51. The van der Waals surface area contributed by atoms with Crippen molar-refractivity contribution < 1.29 is 14.4 Å². The lowest BCUT2D eigenvalue weighted by molar-refractivity contribution is -0.134. The molecule has 3 aliphatic rings. The van der Waals surface area contributed by atoms with Gasteiger partial charge in [0.2, 0.25) is 23.7 Å². The van der Waals surface area contributed by atoms with Gasteiger partial charge in [-0.3, -0.25) is 19.7 Å². The maximum Gasteiger partial charge on any atom is 0.234 e. The van der Waals surface area contributed by atoms with Gasteiger partial charge in [0.25, 0.3) is 0 Å². The molecule has 0 bridgehead atoms. The summed E-state index contributed by atoms with van der Waals surface area (Å²) in [6, 6.07) is 12.4. The van der Waals surface area contributed by atoms with E-state index in [1.807, 2.05) is 49.9 Å². The first-order valence-corrected chi connectivity index (χ1v) is 16.2. The Bertz CT molecular complexity index is 1810.